The van der Waals surface area contributed by atoms with Gasteiger partial charge in [-0.1, -0.05) is 29.8 Å². The Kier molecular flexibility index (Phi) is 2.15. The fraction of sp³-hybridized carbons (Fsp3) is 0.364. The second-order valence-corrected chi connectivity index (χ2v) is 3.67. The number of carbonyl (C=O) groups is 1. The number of hydrogen-bond acceptors (Lipinski definition) is 2. The monoisotopic (exact) mass is 191 g/mol. The van der Waals surface area contributed by atoms with E-state index in [0.29, 0.717) is 0 Å². The Morgan fingerprint density at radius 1 is 1.43 bits per heavy atom. The Hall–Kier alpha value is -1.51. The first-order valence-corrected chi connectivity index (χ1v) is 4.70. The van der Waals surface area contributed by atoms with Crippen LogP contribution in [-0.4, -0.2) is 12.1 Å². The molecule has 14 heavy (non-hydrogen) atoms. The molecule has 3 nitrogen and oxygen atoms in total. The number of aryl methyl sites for hydroxylation is 1. The Morgan fingerprint density at radius 2 is 2.21 bits per heavy atom. The molecule has 1 aromatic carbocycles. The van der Waals surface area contributed by atoms with Crippen LogP contribution in [0.1, 0.15) is 24.2 Å². The molecule has 1 fully saturated rings. The van der Waals surface area contributed by atoms with E-state index in [0.717, 1.165) is 5.56 Å². The lowest BCUT2D eigenvalue weighted by Gasteiger charge is -2.13. The highest BCUT2D eigenvalue weighted by Crippen LogP contribution is 2.26. The molecular weight excluding hydrogens is 178 g/mol. The Bertz CT molecular complexity index is 362. The average molecular weight is 191 g/mol. The largest absolute Gasteiger partial charge is 0.439 e. The third kappa shape index (κ3) is 1.58. The number of nitrogens with one attached hydrogen (secondary N) is 1. The number of benzene rings is 1. The second kappa shape index (κ2) is 3.33. The first-order valence-electron chi connectivity index (χ1n) is 4.70. The molecule has 2 atom stereocenters. The zero-order chi connectivity index (χ0) is 10.1. The maximum absolute atomic E-state index is 11.0. The fourth-order valence-corrected chi connectivity index (χ4v) is 1.72. The third-order valence-electron chi connectivity index (χ3n) is 2.40. The van der Waals surface area contributed by atoms with Gasteiger partial charge in [-0.25, -0.2) is 4.79 Å². The molecule has 0 spiro atoms. The predicted octanol–water partition coefficient (Wildman–Crippen LogP) is 2.16. The van der Waals surface area contributed by atoms with Gasteiger partial charge < -0.3 is 10.1 Å². The van der Waals surface area contributed by atoms with Crippen molar-refractivity contribution in [3.05, 3.63) is 35.4 Å². The van der Waals surface area contributed by atoms with Gasteiger partial charge in [-0.15, -0.1) is 0 Å². The summed E-state index contributed by atoms with van der Waals surface area (Å²) in [6, 6.07) is 8.07. The molecule has 1 amide bonds. The van der Waals surface area contributed by atoms with Gasteiger partial charge in [0.2, 0.25) is 0 Å². The molecule has 0 unspecified atom stereocenters. The van der Waals surface area contributed by atoms with E-state index in [9.17, 15) is 4.79 Å². The van der Waals surface area contributed by atoms with Gasteiger partial charge in [0.25, 0.3) is 0 Å². The SMILES string of the molecule is Cc1cccc([C@@H]2OC(=O)N[C@H]2C)c1. The molecule has 1 heterocycles. The van der Waals surface area contributed by atoms with E-state index < -0.39 is 0 Å². The smallest absolute Gasteiger partial charge is 0.408 e. The summed E-state index contributed by atoms with van der Waals surface area (Å²) in [6.45, 7) is 3.97. The van der Waals surface area contributed by atoms with Gasteiger partial charge in [-0.3, -0.25) is 0 Å². The van der Waals surface area contributed by atoms with Crippen LogP contribution in [0.3, 0.4) is 0 Å². The average Bonchev–Trinajstić information content (AvgIpc) is 2.45. The second-order valence-electron chi connectivity index (χ2n) is 3.67. The summed E-state index contributed by atoms with van der Waals surface area (Å²) in [5.74, 6) is 0. The van der Waals surface area contributed by atoms with Crippen LogP contribution in [0.25, 0.3) is 0 Å². The summed E-state index contributed by atoms with van der Waals surface area (Å²) in [6.07, 6.45) is -0.480. The molecular formula is C11H13NO2. The van der Waals surface area contributed by atoms with Crippen LogP contribution in [0.5, 0.6) is 0 Å². The molecule has 2 rings (SSSR count). The molecule has 1 saturated heterocycles. The van der Waals surface area contributed by atoms with Crippen LogP contribution in [0.2, 0.25) is 0 Å². The minimum absolute atomic E-state index is 0.0456. The lowest BCUT2D eigenvalue weighted by Crippen LogP contribution is -2.23. The molecule has 1 aromatic rings. The van der Waals surface area contributed by atoms with Crippen LogP contribution in [0, 0.1) is 6.92 Å². The number of alkyl carbamates (subject to hydrolysis) is 1. The number of carbonyl (C=O) groups excluding carboxylic acids is 1. The van der Waals surface area contributed by atoms with Crippen molar-refractivity contribution in [1.29, 1.82) is 0 Å². The van der Waals surface area contributed by atoms with Gasteiger partial charge in [-0.2, -0.15) is 0 Å². The van der Waals surface area contributed by atoms with Crippen molar-refractivity contribution in [3.8, 4) is 0 Å². The summed E-state index contributed by atoms with van der Waals surface area (Å²) >= 11 is 0. The molecule has 74 valence electrons. The van der Waals surface area contributed by atoms with E-state index in [2.05, 4.69) is 5.32 Å². The van der Waals surface area contributed by atoms with Gasteiger partial charge in [0.15, 0.2) is 0 Å². The summed E-state index contributed by atoms with van der Waals surface area (Å²) in [5, 5.41) is 2.72. The minimum Gasteiger partial charge on any atom is -0.439 e. The van der Waals surface area contributed by atoms with Gasteiger partial charge >= 0.3 is 6.09 Å². The van der Waals surface area contributed by atoms with Crippen molar-refractivity contribution in [3.63, 3.8) is 0 Å². The van der Waals surface area contributed by atoms with Crippen LogP contribution in [0.15, 0.2) is 24.3 Å². The van der Waals surface area contributed by atoms with E-state index in [4.69, 9.17) is 4.74 Å². The van der Waals surface area contributed by atoms with Crippen LogP contribution in [-0.2, 0) is 4.74 Å². The van der Waals surface area contributed by atoms with Crippen molar-refractivity contribution in [2.24, 2.45) is 0 Å². The highest BCUT2D eigenvalue weighted by atomic mass is 16.6. The quantitative estimate of drug-likeness (QED) is 0.738. The van der Waals surface area contributed by atoms with E-state index >= 15 is 0 Å². The standard InChI is InChI=1S/C11H13NO2/c1-7-4-3-5-9(6-7)10-8(2)12-11(13)14-10/h3-6,8,10H,1-2H3,(H,12,13)/t8-,10+/m0/s1. The topological polar surface area (TPSA) is 38.3 Å². The summed E-state index contributed by atoms with van der Waals surface area (Å²) in [4.78, 5) is 11.0. The molecule has 1 aliphatic rings. The minimum atomic E-state index is -0.330. The zero-order valence-corrected chi connectivity index (χ0v) is 8.28. The number of ether oxygens (including phenoxy) is 1. The van der Waals surface area contributed by atoms with Gasteiger partial charge in [0.1, 0.15) is 6.10 Å². The molecule has 0 saturated carbocycles. The number of cyclic esters (lactones) is 1. The first kappa shape index (κ1) is 9.06. The number of hydrogen-bond donors (Lipinski definition) is 1. The molecule has 1 aliphatic heterocycles. The lowest BCUT2D eigenvalue weighted by atomic mass is 10.0. The highest BCUT2D eigenvalue weighted by Gasteiger charge is 2.31. The first-order chi connectivity index (χ1) is 6.66. The molecule has 1 N–H and O–H groups in total. The molecule has 3 heteroatoms. The van der Waals surface area contributed by atoms with Crippen LogP contribution >= 0.6 is 0 Å². The van der Waals surface area contributed by atoms with E-state index in [1.165, 1.54) is 5.56 Å². The maximum Gasteiger partial charge on any atom is 0.408 e. The van der Waals surface area contributed by atoms with E-state index in [1.807, 2.05) is 38.1 Å². The summed E-state index contributed by atoms with van der Waals surface area (Å²) in [5.41, 5.74) is 2.23. The van der Waals surface area contributed by atoms with Crippen molar-refractivity contribution < 1.29 is 9.53 Å². The van der Waals surface area contributed by atoms with Gasteiger partial charge in [-0.05, 0) is 19.4 Å². The van der Waals surface area contributed by atoms with Crippen molar-refractivity contribution >= 4 is 6.09 Å². The number of amides is 1. The van der Waals surface area contributed by atoms with Gasteiger partial charge in [0, 0.05) is 0 Å². The third-order valence-corrected chi connectivity index (χ3v) is 2.40. The normalized spacial score (nSPS) is 25.7. The van der Waals surface area contributed by atoms with Crippen molar-refractivity contribution in [2.75, 3.05) is 0 Å². The van der Waals surface area contributed by atoms with E-state index in [1.54, 1.807) is 0 Å². The lowest BCUT2D eigenvalue weighted by molar-refractivity contribution is 0.134. The maximum atomic E-state index is 11.0. The summed E-state index contributed by atoms with van der Waals surface area (Å²) < 4.78 is 5.16. The Morgan fingerprint density at radius 3 is 2.79 bits per heavy atom. The molecule has 0 bridgehead atoms. The van der Waals surface area contributed by atoms with Crippen molar-refractivity contribution in [1.82, 2.24) is 5.32 Å². The Labute approximate surface area is 83.1 Å². The van der Waals surface area contributed by atoms with Crippen molar-refractivity contribution in [2.45, 2.75) is 26.0 Å². The molecule has 0 aromatic heterocycles. The molecule has 0 aliphatic carbocycles. The van der Waals surface area contributed by atoms with Gasteiger partial charge in [0.05, 0.1) is 6.04 Å². The highest BCUT2D eigenvalue weighted by molar-refractivity contribution is 5.70. The van der Waals surface area contributed by atoms with Crippen LogP contribution < -0.4 is 5.32 Å². The van der Waals surface area contributed by atoms with E-state index in [-0.39, 0.29) is 18.2 Å². The Balaban J connectivity index is 2.27. The van der Waals surface area contributed by atoms with Crippen LogP contribution in [0.4, 0.5) is 4.79 Å². The zero-order valence-electron chi connectivity index (χ0n) is 8.28. The fourth-order valence-electron chi connectivity index (χ4n) is 1.72. The summed E-state index contributed by atoms with van der Waals surface area (Å²) in [7, 11) is 0. The molecule has 0 radical (unpaired) electrons. The predicted molar refractivity (Wildman–Crippen MR) is 53.0 cm³/mol. The number of rotatable bonds is 1.